The normalized spacial score (nSPS) is 51.3. The van der Waals surface area contributed by atoms with E-state index < -0.39 is 11.9 Å². The lowest BCUT2D eigenvalue weighted by atomic mass is 9.47. The molecule has 0 N–H and O–H groups in total. The van der Waals surface area contributed by atoms with Crippen molar-refractivity contribution < 1.29 is 23.9 Å². The Morgan fingerprint density at radius 1 is 0.900 bits per heavy atom. The Morgan fingerprint density at radius 2 is 1.30 bits per heavy atom. The van der Waals surface area contributed by atoms with Gasteiger partial charge in [0.2, 0.25) is 0 Å². The van der Waals surface area contributed by atoms with Gasteiger partial charge in [-0.05, 0) is 43.9 Å². The zero-order valence-corrected chi connectivity index (χ0v) is 11.4. The predicted octanol–water partition coefficient (Wildman–Crippen LogP) is 0.608. The Bertz CT molecular complexity index is 517. The van der Waals surface area contributed by atoms with Gasteiger partial charge >= 0.3 is 11.9 Å². The number of ether oxygens (including phenoxy) is 1. The van der Waals surface area contributed by atoms with Crippen LogP contribution in [-0.2, 0) is 23.9 Å². The molecule has 4 fully saturated rings. The van der Waals surface area contributed by atoms with Crippen molar-refractivity contribution in [3.63, 3.8) is 0 Å². The largest absolute Gasteiger partial charge is 0.393 e. The van der Waals surface area contributed by atoms with Crippen LogP contribution in [0.2, 0.25) is 0 Å². The summed E-state index contributed by atoms with van der Waals surface area (Å²) in [5.41, 5.74) is 0. The lowest BCUT2D eigenvalue weighted by molar-refractivity contribution is -0.161. The molecule has 0 aromatic carbocycles. The van der Waals surface area contributed by atoms with Gasteiger partial charge in [-0.15, -0.1) is 0 Å². The summed E-state index contributed by atoms with van der Waals surface area (Å²) in [6.07, 6.45) is 0.791. The molecule has 2 bridgehead atoms. The van der Waals surface area contributed by atoms with Gasteiger partial charge in [0, 0.05) is 11.8 Å². The molecule has 0 spiro atoms. The van der Waals surface area contributed by atoms with Crippen LogP contribution in [0.25, 0.3) is 0 Å². The number of carbonyl (C=O) groups is 4. The molecule has 8 unspecified atom stereocenters. The second-order valence-electron chi connectivity index (χ2n) is 6.78. The maximum absolute atomic E-state index is 11.9. The highest BCUT2D eigenvalue weighted by atomic mass is 16.6. The Labute approximate surface area is 116 Å². The molecule has 0 aromatic heterocycles. The number of cyclic esters (lactones) is 2. The Balaban J connectivity index is 1.73. The third kappa shape index (κ3) is 1.15. The van der Waals surface area contributed by atoms with Gasteiger partial charge in [-0.2, -0.15) is 0 Å². The fourth-order valence-corrected chi connectivity index (χ4v) is 5.77. The van der Waals surface area contributed by atoms with E-state index in [0.717, 1.165) is 6.42 Å². The van der Waals surface area contributed by atoms with Crippen LogP contribution in [0, 0.1) is 47.3 Å². The molecule has 4 aliphatic rings. The lowest BCUT2D eigenvalue weighted by Crippen LogP contribution is -2.58. The highest BCUT2D eigenvalue weighted by Crippen LogP contribution is 2.71. The Hall–Kier alpha value is -1.52. The standard InChI is InChI=1S/C15H16O5/c1-4(16)8-9(5(2)17)11-7-3-6(10(8)11)12-13(7)15(19)20-14(12)18/h6-13H,3H2,1-2H3. The molecule has 1 heterocycles. The number of esters is 2. The smallest absolute Gasteiger partial charge is 0.317 e. The molecule has 8 atom stereocenters. The summed E-state index contributed by atoms with van der Waals surface area (Å²) >= 11 is 0. The van der Waals surface area contributed by atoms with E-state index in [1.807, 2.05) is 0 Å². The topological polar surface area (TPSA) is 77.5 Å². The number of ketones is 2. The van der Waals surface area contributed by atoms with Crippen LogP contribution in [0.4, 0.5) is 0 Å². The molecular weight excluding hydrogens is 260 g/mol. The van der Waals surface area contributed by atoms with Crippen molar-refractivity contribution in [2.24, 2.45) is 47.3 Å². The van der Waals surface area contributed by atoms with Crippen molar-refractivity contribution in [3.8, 4) is 0 Å². The maximum atomic E-state index is 11.9. The fraction of sp³-hybridized carbons (Fsp3) is 0.733. The number of fused-ring (bicyclic) bond motifs is 8. The SMILES string of the molecule is CC(=O)C1C(C(C)=O)C2C3CC(C4C(=O)OC(=O)C34)C12. The minimum atomic E-state index is -0.417. The first-order chi connectivity index (χ1) is 9.43. The van der Waals surface area contributed by atoms with Gasteiger partial charge in [-0.1, -0.05) is 0 Å². The quantitative estimate of drug-likeness (QED) is 0.545. The minimum Gasteiger partial charge on any atom is -0.393 e. The third-order valence-electron chi connectivity index (χ3n) is 6.19. The van der Waals surface area contributed by atoms with E-state index in [-0.39, 0.29) is 58.9 Å². The van der Waals surface area contributed by atoms with E-state index in [4.69, 9.17) is 4.74 Å². The first-order valence-electron chi connectivity index (χ1n) is 7.20. The number of Topliss-reactive ketones (excluding diaryl/α,β-unsaturated/α-hetero) is 2. The summed E-state index contributed by atoms with van der Waals surface area (Å²) in [6.45, 7) is 3.05. The third-order valence-corrected chi connectivity index (χ3v) is 6.19. The number of rotatable bonds is 2. The van der Waals surface area contributed by atoms with E-state index in [0.29, 0.717) is 0 Å². The predicted molar refractivity (Wildman–Crippen MR) is 65.0 cm³/mol. The van der Waals surface area contributed by atoms with Crippen LogP contribution in [0.5, 0.6) is 0 Å². The zero-order chi connectivity index (χ0) is 14.3. The number of hydrogen-bond donors (Lipinski definition) is 0. The summed E-state index contributed by atoms with van der Waals surface area (Å²) in [5, 5.41) is 0. The molecule has 5 heteroatoms. The van der Waals surface area contributed by atoms with Crippen molar-refractivity contribution in [2.75, 3.05) is 0 Å². The van der Waals surface area contributed by atoms with Crippen molar-refractivity contribution in [2.45, 2.75) is 20.3 Å². The van der Waals surface area contributed by atoms with E-state index in [9.17, 15) is 19.2 Å². The number of carbonyl (C=O) groups excluding carboxylic acids is 4. The Morgan fingerprint density at radius 3 is 1.65 bits per heavy atom. The fourth-order valence-electron chi connectivity index (χ4n) is 5.77. The Kier molecular flexibility index (Phi) is 2.18. The van der Waals surface area contributed by atoms with Gasteiger partial charge in [0.1, 0.15) is 11.6 Å². The molecule has 106 valence electrons. The second-order valence-corrected chi connectivity index (χ2v) is 6.78. The molecule has 1 saturated heterocycles. The second kappa shape index (κ2) is 3.57. The molecule has 20 heavy (non-hydrogen) atoms. The lowest BCUT2D eigenvalue weighted by Gasteiger charge is -2.54. The van der Waals surface area contributed by atoms with Crippen molar-refractivity contribution in [1.82, 2.24) is 0 Å². The molecule has 0 aromatic rings. The average molecular weight is 276 g/mol. The highest BCUT2D eigenvalue weighted by molar-refractivity contribution is 5.98. The van der Waals surface area contributed by atoms with Gasteiger partial charge in [0.05, 0.1) is 11.8 Å². The van der Waals surface area contributed by atoms with Gasteiger partial charge in [-0.25, -0.2) is 0 Å². The van der Waals surface area contributed by atoms with Gasteiger partial charge in [-0.3, -0.25) is 19.2 Å². The van der Waals surface area contributed by atoms with Crippen LogP contribution in [-0.4, -0.2) is 23.5 Å². The van der Waals surface area contributed by atoms with Gasteiger partial charge < -0.3 is 4.74 Å². The first-order valence-corrected chi connectivity index (χ1v) is 7.20. The molecule has 3 saturated carbocycles. The average Bonchev–Trinajstić information content (AvgIpc) is 2.87. The van der Waals surface area contributed by atoms with Crippen LogP contribution in [0.1, 0.15) is 20.3 Å². The van der Waals surface area contributed by atoms with Gasteiger partial charge in [0.15, 0.2) is 0 Å². The molecule has 5 nitrogen and oxygen atoms in total. The molecule has 3 aliphatic carbocycles. The highest BCUT2D eigenvalue weighted by Gasteiger charge is 2.74. The summed E-state index contributed by atoms with van der Waals surface area (Å²) in [5.74, 6) is -1.67. The van der Waals surface area contributed by atoms with Crippen molar-refractivity contribution in [3.05, 3.63) is 0 Å². The summed E-state index contributed by atoms with van der Waals surface area (Å²) in [7, 11) is 0. The molecule has 1 aliphatic heterocycles. The molecule has 0 amide bonds. The molecule has 0 radical (unpaired) electrons. The van der Waals surface area contributed by atoms with Crippen LogP contribution in [0.3, 0.4) is 0 Å². The van der Waals surface area contributed by atoms with E-state index in [1.54, 1.807) is 0 Å². The minimum absolute atomic E-state index is 0.0354. The summed E-state index contributed by atoms with van der Waals surface area (Å²) in [4.78, 5) is 47.4. The van der Waals surface area contributed by atoms with E-state index in [2.05, 4.69) is 0 Å². The summed E-state index contributed by atoms with van der Waals surface area (Å²) < 4.78 is 4.78. The molecular formula is C15H16O5. The first kappa shape index (κ1) is 12.2. The molecule has 4 rings (SSSR count). The van der Waals surface area contributed by atoms with Crippen LogP contribution < -0.4 is 0 Å². The number of hydrogen-bond acceptors (Lipinski definition) is 5. The van der Waals surface area contributed by atoms with Crippen molar-refractivity contribution in [1.29, 1.82) is 0 Å². The zero-order valence-electron chi connectivity index (χ0n) is 11.4. The summed E-state index contributed by atoms with van der Waals surface area (Å²) in [6, 6.07) is 0. The van der Waals surface area contributed by atoms with Crippen LogP contribution in [0.15, 0.2) is 0 Å². The van der Waals surface area contributed by atoms with Crippen molar-refractivity contribution >= 4 is 23.5 Å². The van der Waals surface area contributed by atoms with Crippen LogP contribution >= 0.6 is 0 Å². The monoisotopic (exact) mass is 276 g/mol. The van der Waals surface area contributed by atoms with Gasteiger partial charge in [0.25, 0.3) is 0 Å². The maximum Gasteiger partial charge on any atom is 0.317 e. The van der Waals surface area contributed by atoms with E-state index >= 15 is 0 Å². The van der Waals surface area contributed by atoms with E-state index in [1.165, 1.54) is 13.8 Å².